The first-order chi connectivity index (χ1) is 8.37. The molecule has 0 aromatic carbocycles. The summed E-state index contributed by atoms with van der Waals surface area (Å²) in [4.78, 5) is 13.5. The van der Waals surface area contributed by atoms with Gasteiger partial charge in [0.2, 0.25) is 0 Å². The van der Waals surface area contributed by atoms with Gasteiger partial charge in [-0.2, -0.15) is 0 Å². The Bertz CT molecular complexity index is 280. The fourth-order valence-electron chi connectivity index (χ4n) is 1.88. The van der Waals surface area contributed by atoms with Crippen LogP contribution < -0.4 is 0 Å². The lowest BCUT2D eigenvalue weighted by molar-refractivity contribution is 0.0151. The Labute approximate surface area is 113 Å². The van der Waals surface area contributed by atoms with E-state index in [9.17, 15) is 9.90 Å². The molecule has 1 saturated heterocycles. The molecule has 6 heteroatoms. The highest BCUT2D eigenvalue weighted by Crippen LogP contribution is 2.23. The van der Waals surface area contributed by atoms with Crippen LogP contribution in [0.4, 0.5) is 4.79 Å². The summed E-state index contributed by atoms with van der Waals surface area (Å²) < 4.78 is 10.9. The van der Waals surface area contributed by atoms with Gasteiger partial charge in [0.25, 0.3) is 0 Å². The van der Waals surface area contributed by atoms with Gasteiger partial charge in [0, 0.05) is 0 Å². The van der Waals surface area contributed by atoms with Gasteiger partial charge in [-0.25, -0.2) is 4.79 Å². The van der Waals surface area contributed by atoms with Crippen LogP contribution in [0, 0.1) is 0 Å². The van der Waals surface area contributed by atoms with Crippen molar-refractivity contribution in [3.05, 3.63) is 0 Å². The van der Waals surface area contributed by atoms with E-state index < -0.39 is 5.60 Å². The molecule has 0 aliphatic carbocycles. The summed E-state index contributed by atoms with van der Waals surface area (Å²) in [6.45, 7) is 5.92. The smallest absolute Gasteiger partial charge is 0.410 e. The lowest BCUT2D eigenvalue weighted by Gasteiger charge is -2.27. The van der Waals surface area contributed by atoms with E-state index in [2.05, 4.69) is 0 Å². The number of aliphatic hydroxyl groups is 1. The highest BCUT2D eigenvalue weighted by molar-refractivity contribution is 7.98. The number of likely N-dealkylation sites (tertiary alicyclic amines) is 1. The second kappa shape index (κ2) is 6.63. The molecule has 5 nitrogen and oxygen atoms in total. The van der Waals surface area contributed by atoms with E-state index >= 15 is 0 Å². The molecule has 18 heavy (non-hydrogen) atoms. The number of hydrogen-bond acceptors (Lipinski definition) is 5. The molecule has 0 aromatic rings. The minimum absolute atomic E-state index is 0.0119. The van der Waals surface area contributed by atoms with E-state index in [0.717, 1.165) is 0 Å². The van der Waals surface area contributed by atoms with Crippen LogP contribution in [0.15, 0.2) is 0 Å². The Kier molecular flexibility index (Phi) is 5.75. The number of carbonyl (C=O) groups is 1. The predicted molar refractivity (Wildman–Crippen MR) is 71.7 cm³/mol. The largest absolute Gasteiger partial charge is 0.444 e. The van der Waals surface area contributed by atoms with Crippen LogP contribution in [0.1, 0.15) is 27.2 Å². The number of amides is 1. The zero-order valence-corrected chi connectivity index (χ0v) is 12.3. The summed E-state index contributed by atoms with van der Waals surface area (Å²) in [5, 5.41) is 9.32. The van der Waals surface area contributed by atoms with Crippen LogP contribution in [0.5, 0.6) is 0 Å². The quantitative estimate of drug-likeness (QED) is 0.793. The summed E-state index contributed by atoms with van der Waals surface area (Å²) in [7, 11) is 0. The monoisotopic (exact) mass is 277 g/mol. The van der Waals surface area contributed by atoms with Crippen molar-refractivity contribution in [2.45, 2.75) is 44.9 Å². The maximum Gasteiger partial charge on any atom is 0.410 e. The first-order valence-corrected chi connectivity index (χ1v) is 7.47. The van der Waals surface area contributed by atoms with Gasteiger partial charge in [0.1, 0.15) is 5.60 Å². The molecule has 1 aliphatic rings. The van der Waals surface area contributed by atoms with Crippen molar-refractivity contribution >= 4 is 17.9 Å². The van der Waals surface area contributed by atoms with E-state index in [4.69, 9.17) is 9.47 Å². The Morgan fingerprint density at radius 1 is 1.50 bits per heavy atom. The van der Waals surface area contributed by atoms with Crippen molar-refractivity contribution in [3.63, 3.8) is 0 Å². The van der Waals surface area contributed by atoms with Gasteiger partial charge in [-0.15, -0.1) is 11.8 Å². The molecule has 0 bridgehead atoms. The molecule has 106 valence electrons. The molecule has 1 rings (SSSR count). The third-order valence-electron chi connectivity index (χ3n) is 2.64. The molecular formula is C12H23NO4S. The number of ether oxygens (including phenoxy) is 2. The molecule has 0 saturated carbocycles. The summed E-state index contributed by atoms with van der Waals surface area (Å²) >= 11 is 1.60. The third kappa shape index (κ3) is 4.66. The van der Waals surface area contributed by atoms with Crippen LogP contribution in [0.2, 0.25) is 0 Å². The van der Waals surface area contributed by atoms with Gasteiger partial charge >= 0.3 is 6.09 Å². The standard InChI is InChI=1S/C12H23NO4S/c1-12(2,3)17-11(15)13-6-10(16-8-18-4)5-9(13)7-14/h9-10,14H,5-8H2,1-4H3. The van der Waals surface area contributed by atoms with Crippen LogP contribution >= 0.6 is 11.8 Å². The topological polar surface area (TPSA) is 59.0 Å². The molecule has 0 aromatic heterocycles. The number of hydrogen-bond donors (Lipinski definition) is 1. The van der Waals surface area contributed by atoms with E-state index in [1.165, 1.54) is 0 Å². The van der Waals surface area contributed by atoms with Crippen molar-refractivity contribution in [1.29, 1.82) is 0 Å². The number of carbonyl (C=O) groups excluding carboxylic acids is 1. The average Bonchev–Trinajstić information content (AvgIpc) is 2.67. The van der Waals surface area contributed by atoms with Gasteiger partial charge in [-0.3, -0.25) is 0 Å². The zero-order valence-electron chi connectivity index (χ0n) is 11.5. The zero-order chi connectivity index (χ0) is 13.8. The molecule has 1 amide bonds. The summed E-state index contributed by atoms with van der Waals surface area (Å²) in [5.41, 5.74) is -0.519. The minimum Gasteiger partial charge on any atom is -0.444 e. The molecule has 1 fully saturated rings. The molecule has 1 N–H and O–H groups in total. The highest BCUT2D eigenvalue weighted by atomic mass is 32.2. The van der Waals surface area contributed by atoms with Gasteiger partial charge < -0.3 is 19.5 Å². The Hall–Kier alpha value is -0.460. The lowest BCUT2D eigenvalue weighted by atomic mass is 10.2. The molecule has 1 aliphatic heterocycles. The Balaban J connectivity index is 2.55. The van der Waals surface area contributed by atoms with Crippen molar-refractivity contribution in [3.8, 4) is 0 Å². The third-order valence-corrected chi connectivity index (χ3v) is 3.01. The van der Waals surface area contributed by atoms with Crippen LogP contribution in [0.25, 0.3) is 0 Å². The second-order valence-electron chi connectivity index (χ2n) is 5.40. The highest BCUT2D eigenvalue weighted by Gasteiger charge is 2.37. The summed E-state index contributed by atoms with van der Waals surface area (Å²) in [6, 6.07) is -0.202. The van der Waals surface area contributed by atoms with Crippen molar-refractivity contribution in [2.24, 2.45) is 0 Å². The lowest BCUT2D eigenvalue weighted by Crippen LogP contribution is -2.41. The van der Waals surface area contributed by atoms with Gasteiger partial charge in [-0.1, -0.05) is 0 Å². The van der Waals surface area contributed by atoms with Gasteiger partial charge in [0.15, 0.2) is 0 Å². The molecule has 2 unspecified atom stereocenters. The molecule has 2 atom stereocenters. The molecule has 0 radical (unpaired) electrons. The van der Waals surface area contributed by atoms with E-state index in [0.29, 0.717) is 18.9 Å². The summed E-state index contributed by atoms with van der Waals surface area (Å²) in [5.74, 6) is 0.602. The van der Waals surface area contributed by atoms with Crippen molar-refractivity contribution < 1.29 is 19.4 Å². The maximum absolute atomic E-state index is 12.0. The number of thioether (sulfide) groups is 1. The van der Waals surface area contributed by atoms with Crippen molar-refractivity contribution in [1.82, 2.24) is 4.90 Å². The predicted octanol–water partition coefficient (Wildman–Crippen LogP) is 1.69. The number of nitrogens with zero attached hydrogens (tertiary/aromatic N) is 1. The van der Waals surface area contributed by atoms with E-state index in [1.54, 1.807) is 16.7 Å². The Morgan fingerprint density at radius 3 is 2.67 bits per heavy atom. The number of rotatable bonds is 4. The van der Waals surface area contributed by atoms with E-state index in [-0.39, 0.29) is 24.8 Å². The first kappa shape index (κ1) is 15.6. The van der Waals surface area contributed by atoms with Crippen LogP contribution in [-0.2, 0) is 9.47 Å². The number of aliphatic hydroxyl groups excluding tert-OH is 1. The SMILES string of the molecule is CSCOC1CC(CO)N(C(=O)OC(C)(C)C)C1. The molecule has 1 heterocycles. The fourth-order valence-corrected chi connectivity index (χ4v) is 2.20. The van der Waals surface area contributed by atoms with Crippen LogP contribution in [0.3, 0.4) is 0 Å². The molecular weight excluding hydrogens is 254 g/mol. The average molecular weight is 277 g/mol. The molecule has 0 spiro atoms. The summed E-state index contributed by atoms with van der Waals surface area (Å²) in [6.07, 6.45) is 2.24. The van der Waals surface area contributed by atoms with Crippen molar-refractivity contribution in [2.75, 3.05) is 25.3 Å². The fraction of sp³-hybridized carbons (Fsp3) is 0.917. The van der Waals surface area contributed by atoms with Crippen LogP contribution in [-0.4, -0.2) is 59.2 Å². The first-order valence-electron chi connectivity index (χ1n) is 6.08. The Morgan fingerprint density at radius 2 is 2.17 bits per heavy atom. The minimum atomic E-state index is -0.519. The van der Waals surface area contributed by atoms with E-state index in [1.807, 2.05) is 27.0 Å². The van der Waals surface area contributed by atoms with Gasteiger partial charge in [-0.05, 0) is 33.4 Å². The van der Waals surface area contributed by atoms with Gasteiger partial charge in [0.05, 0.1) is 31.2 Å². The second-order valence-corrected chi connectivity index (χ2v) is 6.21. The maximum atomic E-state index is 12.0. The normalized spacial score (nSPS) is 24.4.